The van der Waals surface area contributed by atoms with Crippen molar-refractivity contribution in [2.45, 2.75) is 31.2 Å². The van der Waals surface area contributed by atoms with Crippen LogP contribution < -0.4 is 5.43 Å². The minimum atomic E-state index is -1.86. The van der Waals surface area contributed by atoms with Crippen molar-refractivity contribution in [3.05, 3.63) is 0 Å². The Labute approximate surface area is 103 Å². The second kappa shape index (κ2) is 4.44. The van der Waals surface area contributed by atoms with Crippen molar-refractivity contribution in [1.29, 1.82) is 0 Å². The summed E-state index contributed by atoms with van der Waals surface area (Å²) in [6.07, 6.45) is 0.317. The quantitative estimate of drug-likeness (QED) is 0.334. The lowest BCUT2D eigenvalue weighted by atomic mass is 9.83. The Morgan fingerprint density at radius 3 is 2.53 bits per heavy atom. The van der Waals surface area contributed by atoms with Gasteiger partial charge in [-0.1, -0.05) is 0 Å². The van der Waals surface area contributed by atoms with Crippen LogP contribution in [-0.2, 0) is 19.1 Å². The van der Waals surface area contributed by atoms with E-state index in [0.717, 1.165) is 0 Å². The number of nitrogens with one attached hydrogen (secondary N) is 1. The summed E-state index contributed by atoms with van der Waals surface area (Å²) in [6, 6.07) is 0. The predicted octanol–water partition coefficient (Wildman–Crippen LogP) is 0.0329. The fourth-order valence-electron chi connectivity index (χ4n) is 1.62. The highest BCUT2D eigenvalue weighted by Crippen LogP contribution is 2.35. The van der Waals surface area contributed by atoms with Crippen LogP contribution in [0.1, 0.15) is 20.8 Å². The van der Waals surface area contributed by atoms with Crippen LogP contribution in [-0.4, -0.2) is 40.8 Å². The van der Waals surface area contributed by atoms with E-state index in [0.29, 0.717) is 6.29 Å². The van der Waals surface area contributed by atoms with Crippen molar-refractivity contribution >= 4 is 35.4 Å². The number of nitrogens with zero attached hydrogens (tertiary/aromatic N) is 1. The summed E-state index contributed by atoms with van der Waals surface area (Å²) in [5, 5.41) is 3.67. The number of ether oxygens (including phenoxy) is 1. The summed E-state index contributed by atoms with van der Waals surface area (Å²) in [7, 11) is 0. The molecule has 0 aromatic rings. The molecule has 0 fully saturated rings. The number of alkyl halides is 1. The normalized spacial score (nSPS) is 31.4. The zero-order valence-corrected chi connectivity index (χ0v) is 10.5. The van der Waals surface area contributed by atoms with Crippen LogP contribution in [0.5, 0.6) is 0 Å². The number of hydrogen-bond donors (Lipinski definition) is 1. The van der Waals surface area contributed by atoms with Gasteiger partial charge in [0, 0.05) is 6.92 Å². The van der Waals surface area contributed by atoms with Crippen molar-refractivity contribution in [2.75, 3.05) is 6.61 Å². The number of carbonyl (C=O) groups excluding carboxylic acids is 3. The molecule has 2 unspecified atom stereocenters. The van der Waals surface area contributed by atoms with E-state index in [1.807, 2.05) is 0 Å². The highest BCUT2D eigenvalue weighted by molar-refractivity contribution is 6.56. The minimum absolute atomic E-state index is 0.0701. The average Bonchev–Trinajstić information content (AvgIpc) is 2.50. The van der Waals surface area contributed by atoms with Gasteiger partial charge in [0.15, 0.2) is 12.1 Å². The summed E-state index contributed by atoms with van der Waals surface area (Å²) in [4.78, 5) is 32.8. The summed E-state index contributed by atoms with van der Waals surface area (Å²) in [6.45, 7) is 4.33. The highest BCUT2D eigenvalue weighted by Gasteiger charge is 2.62. The van der Waals surface area contributed by atoms with Gasteiger partial charge in [0.1, 0.15) is 10.6 Å². The number of hydrogen-bond acceptors (Lipinski definition) is 6. The highest BCUT2D eigenvalue weighted by atomic mass is 35.5. The topological polar surface area (TPSA) is 84.8 Å². The molecule has 0 aromatic heterocycles. The molecule has 1 aliphatic rings. The van der Waals surface area contributed by atoms with E-state index in [2.05, 4.69) is 10.5 Å². The fourth-order valence-corrected chi connectivity index (χ4v) is 1.96. The van der Waals surface area contributed by atoms with Crippen molar-refractivity contribution in [3.8, 4) is 0 Å². The Hall–Kier alpha value is -1.43. The number of ketones is 1. The largest absolute Gasteiger partial charge is 0.464 e. The standard InChI is InChI=1S/C10H13ClN2O4/c1-4-17-8(16)10(5-14)9(3,11)7(6(2)15)12-13-10/h5,13H,4H2,1-3H3. The molecule has 17 heavy (non-hydrogen) atoms. The number of halogens is 1. The summed E-state index contributed by atoms with van der Waals surface area (Å²) < 4.78 is 4.78. The lowest BCUT2D eigenvalue weighted by Gasteiger charge is -2.31. The Balaban J connectivity index is 3.19. The van der Waals surface area contributed by atoms with E-state index in [1.165, 1.54) is 13.8 Å². The van der Waals surface area contributed by atoms with E-state index in [-0.39, 0.29) is 12.3 Å². The van der Waals surface area contributed by atoms with Crippen LogP contribution >= 0.6 is 11.6 Å². The lowest BCUT2D eigenvalue weighted by Crippen LogP contribution is -2.63. The van der Waals surface area contributed by atoms with Crippen LogP contribution in [0.25, 0.3) is 0 Å². The Kier molecular flexibility index (Phi) is 3.56. The molecule has 0 bridgehead atoms. The van der Waals surface area contributed by atoms with E-state index in [1.54, 1.807) is 6.92 Å². The summed E-state index contributed by atoms with van der Waals surface area (Å²) >= 11 is 6.14. The van der Waals surface area contributed by atoms with Crippen LogP contribution in [0, 0.1) is 0 Å². The zero-order chi connectivity index (χ0) is 13.3. The predicted molar refractivity (Wildman–Crippen MR) is 60.9 cm³/mol. The molecule has 1 rings (SSSR count). The third-order valence-electron chi connectivity index (χ3n) is 2.64. The summed E-state index contributed by atoms with van der Waals surface area (Å²) in [5.41, 5.74) is 0.393. The summed E-state index contributed by atoms with van der Waals surface area (Å²) in [5.74, 6) is -1.27. The Bertz CT molecular complexity index is 405. The molecule has 1 aliphatic heterocycles. The molecular formula is C10H13ClN2O4. The molecule has 0 saturated heterocycles. The number of aldehydes is 1. The molecule has 0 saturated carbocycles. The van der Waals surface area contributed by atoms with Gasteiger partial charge >= 0.3 is 5.97 Å². The van der Waals surface area contributed by atoms with Crippen LogP contribution in [0.15, 0.2) is 5.10 Å². The van der Waals surface area contributed by atoms with Gasteiger partial charge in [0.2, 0.25) is 5.54 Å². The molecule has 0 radical (unpaired) electrons. The van der Waals surface area contributed by atoms with Crippen molar-refractivity contribution in [1.82, 2.24) is 5.43 Å². The van der Waals surface area contributed by atoms with E-state index < -0.39 is 22.2 Å². The van der Waals surface area contributed by atoms with Crippen molar-refractivity contribution in [2.24, 2.45) is 5.10 Å². The van der Waals surface area contributed by atoms with Gasteiger partial charge in [-0.2, -0.15) is 5.10 Å². The molecule has 6 nitrogen and oxygen atoms in total. The first kappa shape index (κ1) is 13.6. The Morgan fingerprint density at radius 2 is 2.18 bits per heavy atom. The molecule has 0 aliphatic carbocycles. The number of Topliss-reactive ketones (excluding diaryl/α,β-unsaturated/α-hetero) is 1. The van der Waals surface area contributed by atoms with Gasteiger partial charge in [0.25, 0.3) is 0 Å². The van der Waals surface area contributed by atoms with Crippen molar-refractivity contribution < 1.29 is 19.1 Å². The first-order chi connectivity index (χ1) is 7.83. The monoisotopic (exact) mass is 260 g/mol. The van der Waals surface area contributed by atoms with Crippen molar-refractivity contribution in [3.63, 3.8) is 0 Å². The van der Waals surface area contributed by atoms with Gasteiger partial charge in [-0.3, -0.25) is 15.0 Å². The molecule has 0 aromatic carbocycles. The van der Waals surface area contributed by atoms with Gasteiger partial charge in [-0.05, 0) is 13.8 Å². The van der Waals surface area contributed by atoms with Gasteiger partial charge in [0.05, 0.1) is 6.61 Å². The third kappa shape index (κ3) is 1.82. The smallest absolute Gasteiger partial charge is 0.343 e. The second-order valence-electron chi connectivity index (χ2n) is 3.78. The Morgan fingerprint density at radius 1 is 1.59 bits per heavy atom. The maximum absolute atomic E-state index is 11.8. The minimum Gasteiger partial charge on any atom is -0.464 e. The molecular weight excluding hydrogens is 248 g/mol. The first-order valence-electron chi connectivity index (χ1n) is 5.02. The maximum atomic E-state index is 11.8. The molecule has 1 N–H and O–H groups in total. The van der Waals surface area contributed by atoms with E-state index in [4.69, 9.17) is 16.3 Å². The number of hydrazone groups is 1. The number of esters is 1. The second-order valence-corrected chi connectivity index (χ2v) is 4.53. The molecule has 1 heterocycles. The average molecular weight is 261 g/mol. The number of carbonyl (C=O) groups is 3. The molecule has 2 atom stereocenters. The van der Waals surface area contributed by atoms with Crippen LogP contribution in [0.3, 0.4) is 0 Å². The van der Waals surface area contributed by atoms with Crippen LogP contribution in [0.4, 0.5) is 0 Å². The number of rotatable bonds is 4. The van der Waals surface area contributed by atoms with Gasteiger partial charge in [-0.25, -0.2) is 4.79 Å². The van der Waals surface area contributed by atoms with Gasteiger partial charge in [-0.15, -0.1) is 11.6 Å². The molecule has 94 valence electrons. The fraction of sp³-hybridized carbons (Fsp3) is 0.600. The maximum Gasteiger partial charge on any atom is 0.343 e. The molecule has 0 amide bonds. The third-order valence-corrected chi connectivity index (χ3v) is 3.11. The molecule has 7 heteroatoms. The lowest BCUT2D eigenvalue weighted by molar-refractivity contribution is -0.152. The first-order valence-corrected chi connectivity index (χ1v) is 5.40. The molecule has 0 spiro atoms. The van der Waals surface area contributed by atoms with Crippen LogP contribution in [0.2, 0.25) is 0 Å². The SMILES string of the molecule is CCOC(=O)C1(C=O)NN=C(C(C)=O)C1(C)Cl. The van der Waals surface area contributed by atoms with Gasteiger partial charge < -0.3 is 4.74 Å². The van der Waals surface area contributed by atoms with E-state index >= 15 is 0 Å². The zero-order valence-electron chi connectivity index (χ0n) is 9.74. The van der Waals surface area contributed by atoms with E-state index in [9.17, 15) is 14.4 Å².